The van der Waals surface area contributed by atoms with Crippen molar-refractivity contribution in [2.45, 2.75) is 68.2 Å². The van der Waals surface area contributed by atoms with Gasteiger partial charge in [0.25, 0.3) is 0 Å². The maximum atomic E-state index is 4.93. The SMILES string of the molecule is CC1=C(C)C(C)C(C2=C(C)C(C)=C(C)C2C)=C1C.[C-]1=CC=CC1.[C-]1=CC=CC1.[CH3-].[CH3-].[CH3-].[CH3-].[Cl-].[Cl-].[Cl][Zr+2][Cl].[Zr+2]. The zero-order valence-electron chi connectivity index (χ0n) is 25.5. The van der Waals surface area contributed by atoms with Crippen molar-refractivity contribution in [3.63, 3.8) is 0 Å². The van der Waals surface area contributed by atoms with Crippen LogP contribution in [0.1, 0.15) is 68.2 Å². The maximum absolute atomic E-state index is 4.93. The van der Waals surface area contributed by atoms with Crippen molar-refractivity contribution in [3.05, 3.63) is 123 Å². The van der Waals surface area contributed by atoms with Crippen molar-refractivity contribution in [1.29, 1.82) is 0 Å². The van der Waals surface area contributed by atoms with Gasteiger partial charge < -0.3 is 54.5 Å². The summed E-state index contributed by atoms with van der Waals surface area (Å²) in [5.74, 6) is 1.19. The Balaban J connectivity index is -0.0000000812. The molecule has 0 nitrogen and oxygen atoms in total. The third kappa shape index (κ3) is 15.7. The van der Waals surface area contributed by atoms with Gasteiger partial charge in [0.1, 0.15) is 0 Å². The Morgan fingerprint density at radius 3 is 1.00 bits per heavy atom. The molecule has 216 valence electrons. The van der Waals surface area contributed by atoms with Crippen LogP contribution in [0.15, 0.2) is 81.0 Å². The van der Waals surface area contributed by atoms with Crippen LogP contribution in [0.3, 0.4) is 0 Å². The van der Waals surface area contributed by atoms with Crippen LogP contribution >= 0.6 is 17.0 Å². The van der Waals surface area contributed by atoms with E-state index < -0.39 is 20.8 Å². The van der Waals surface area contributed by atoms with Gasteiger partial charge in [-0.3, -0.25) is 12.2 Å². The molecule has 0 saturated heterocycles. The van der Waals surface area contributed by atoms with Crippen molar-refractivity contribution in [2.75, 3.05) is 0 Å². The molecule has 0 aliphatic heterocycles. The van der Waals surface area contributed by atoms with E-state index in [9.17, 15) is 0 Å². The molecule has 4 aliphatic carbocycles. The Kier molecular flexibility index (Phi) is 42.4. The molecule has 0 saturated carbocycles. The van der Waals surface area contributed by atoms with Crippen LogP contribution in [-0.2, 0) is 47.1 Å². The summed E-state index contributed by atoms with van der Waals surface area (Å²) in [5.41, 5.74) is 12.4. The molecule has 0 aromatic carbocycles. The molecule has 0 aromatic heterocycles. The average Bonchev–Trinajstić information content (AvgIpc) is 3.56. The third-order valence-corrected chi connectivity index (χ3v) is 6.74. The van der Waals surface area contributed by atoms with Gasteiger partial charge in [0.15, 0.2) is 0 Å². The van der Waals surface area contributed by atoms with Crippen molar-refractivity contribution in [3.8, 4) is 0 Å². The van der Waals surface area contributed by atoms with E-state index in [4.69, 9.17) is 17.0 Å². The Bertz CT molecular complexity index is 793. The molecule has 2 atom stereocenters. The molecule has 6 heteroatoms. The van der Waals surface area contributed by atoms with Crippen LogP contribution in [0.25, 0.3) is 0 Å². The summed E-state index contributed by atoms with van der Waals surface area (Å²) in [6, 6.07) is 0. The summed E-state index contributed by atoms with van der Waals surface area (Å²) in [7, 11) is 9.87. The summed E-state index contributed by atoms with van der Waals surface area (Å²) in [5, 5.41) is 0. The van der Waals surface area contributed by atoms with E-state index in [0.29, 0.717) is 11.8 Å². The predicted octanol–water partition coefficient (Wildman–Crippen LogP) is 5.39. The summed E-state index contributed by atoms with van der Waals surface area (Å²) < 4.78 is 0. The quantitative estimate of drug-likeness (QED) is 0.316. The van der Waals surface area contributed by atoms with Gasteiger partial charge in [0.2, 0.25) is 0 Å². The molecular formula is C32H48Cl4Zr2-4. The fraction of sp³-hybridized carbons (Fsp3) is 0.375. The van der Waals surface area contributed by atoms with E-state index in [1.807, 2.05) is 24.3 Å². The first-order valence-corrected chi connectivity index (χ1v) is 17.2. The molecule has 0 radical (unpaired) electrons. The van der Waals surface area contributed by atoms with Gasteiger partial charge in [-0.2, -0.15) is 12.2 Å². The van der Waals surface area contributed by atoms with Crippen molar-refractivity contribution in [2.24, 2.45) is 11.8 Å². The van der Waals surface area contributed by atoms with Crippen LogP contribution in [0, 0.1) is 53.7 Å². The second-order valence-electron chi connectivity index (χ2n) is 8.21. The molecule has 4 aliphatic rings. The van der Waals surface area contributed by atoms with E-state index in [0.717, 1.165) is 12.8 Å². The first kappa shape index (κ1) is 54.9. The minimum Gasteiger partial charge on any atom is 2.00 e. The first-order chi connectivity index (χ1) is 14.7. The summed E-state index contributed by atoms with van der Waals surface area (Å²) in [6.07, 6.45) is 20.0. The second-order valence-corrected chi connectivity index (χ2v) is 11.9. The molecule has 4 rings (SSSR count). The first-order valence-electron chi connectivity index (χ1n) is 10.9. The van der Waals surface area contributed by atoms with Gasteiger partial charge >= 0.3 is 64.1 Å². The van der Waals surface area contributed by atoms with Gasteiger partial charge in [-0.15, -0.1) is 12.8 Å². The number of halogens is 4. The van der Waals surface area contributed by atoms with E-state index in [2.05, 4.69) is 79.7 Å². The molecule has 0 heterocycles. The molecular weight excluding hydrogens is 709 g/mol. The molecule has 38 heavy (non-hydrogen) atoms. The standard InChI is InChI=1S/C18H26.2C5H5.4CH3.4ClH.2Zr/c1-9-10(2)14(6)17(13(9)5)18-15(7)11(3)12(4)16(18)8;2*1-2-4-5-3-1;;;;;;;;;;/h13,15H,1-8H3;2*1-3H,4H2;4*1H3;4*1H;;/q;6*-1;;;;;+2;+4/p-4. The summed E-state index contributed by atoms with van der Waals surface area (Å²) in [4.78, 5) is 0. The van der Waals surface area contributed by atoms with E-state index >= 15 is 0 Å². The zero-order valence-corrected chi connectivity index (χ0v) is 33.5. The van der Waals surface area contributed by atoms with Crippen LogP contribution in [-0.4, -0.2) is 0 Å². The van der Waals surface area contributed by atoms with Gasteiger partial charge in [-0.1, -0.05) is 25.0 Å². The van der Waals surface area contributed by atoms with Crippen molar-refractivity contribution < 1.29 is 71.9 Å². The molecule has 0 amide bonds. The summed E-state index contributed by atoms with van der Waals surface area (Å²) in [6.45, 7) is 18.5. The smallest absolute Gasteiger partial charge is 2.00 e. The largest absolute Gasteiger partial charge is 2.00 e. The van der Waals surface area contributed by atoms with Crippen molar-refractivity contribution >= 4 is 17.0 Å². The monoisotopic (exact) mass is 752 g/mol. The van der Waals surface area contributed by atoms with Gasteiger partial charge in [-0.05, 0) is 75.0 Å². The minimum atomic E-state index is -0.826. The predicted molar refractivity (Wildman–Crippen MR) is 161 cm³/mol. The summed E-state index contributed by atoms with van der Waals surface area (Å²) >= 11 is -0.826. The number of hydrogen-bond acceptors (Lipinski definition) is 0. The van der Waals surface area contributed by atoms with E-state index in [1.54, 1.807) is 22.3 Å². The molecule has 0 fully saturated rings. The maximum Gasteiger partial charge on any atom is 2.00 e. The van der Waals surface area contributed by atoms with Gasteiger partial charge in [-0.25, -0.2) is 24.3 Å². The number of allylic oxidation sites excluding steroid dienone is 16. The van der Waals surface area contributed by atoms with Gasteiger partial charge in [0, 0.05) is 11.8 Å². The third-order valence-electron chi connectivity index (χ3n) is 6.74. The van der Waals surface area contributed by atoms with Gasteiger partial charge in [0.05, 0.1) is 0 Å². The average molecular weight is 757 g/mol. The normalized spacial score (nSPS) is 18.8. The number of rotatable bonds is 1. The van der Waals surface area contributed by atoms with Crippen molar-refractivity contribution in [1.82, 2.24) is 0 Å². The Morgan fingerprint density at radius 1 is 0.632 bits per heavy atom. The van der Waals surface area contributed by atoms with Crippen LogP contribution in [0.4, 0.5) is 0 Å². The minimum absolute atomic E-state index is 0. The Labute approximate surface area is 289 Å². The fourth-order valence-electron chi connectivity index (χ4n) is 4.28. The molecule has 0 bridgehead atoms. The van der Waals surface area contributed by atoms with E-state index in [1.165, 1.54) is 22.3 Å². The van der Waals surface area contributed by atoms with Crippen LogP contribution < -0.4 is 24.8 Å². The molecule has 0 aromatic rings. The second kappa shape index (κ2) is 29.3. The Hall–Kier alpha value is 0.846. The zero-order chi connectivity index (χ0) is 23.6. The van der Waals surface area contributed by atoms with E-state index in [-0.39, 0.29) is 80.7 Å². The molecule has 0 spiro atoms. The fourth-order valence-corrected chi connectivity index (χ4v) is 4.28. The van der Waals surface area contributed by atoms with Crippen LogP contribution in [0.2, 0.25) is 0 Å². The number of hydrogen-bond donors (Lipinski definition) is 0. The molecule has 0 N–H and O–H groups in total. The Morgan fingerprint density at radius 2 is 0.895 bits per heavy atom. The topological polar surface area (TPSA) is 0 Å². The molecule has 2 unspecified atom stereocenters. The van der Waals surface area contributed by atoms with Crippen LogP contribution in [0.5, 0.6) is 0 Å².